The van der Waals surface area contributed by atoms with E-state index in [1.165, 1.54) is 18.3 Å². The molecule has 0 unspecified atom stereocenters. The third kappa shape index (κ3) is 3.44. The molecule has 0 amide bonds. The summed E-state index contributed by atoms with van der Waals surface area (Å²) in [6.07, 6.45) is 1.38. The Morgan fingerprint density at radius 2 is 1.86 bits per heavy atom. The molecule has 0 atom stereocenters. The molecular weight excluding hydrogens is 303 g/mol. The average Bonchev–Trinajstić information content (AvgIpc) is 2.41. The van der Waals surface area contributed by atoms with E-state index in [2.05, 4.69) is 9.71 Å². The van der Waals surface area contributed by atoms with Crippen molar-refractivity contribution >= 4 is 15.7 Å². The van der Waals surface area contributed by atoms with Gasteiger partial charge in [0, 0.05) is 6.20 Å². The first-order valence-corrected chi connectivity index (χ1v) is 8.34. The van der Waals surface area contributed by atoms with Crippen molar-refractivity contribution in [3.05, 3.63) is 53.5 Å². The Labute approximate surface area is 130 Å². The molecule has 0 saturated heterocycles. The molecule has 6 heteroatoms. The lowest BCUT2D eigenvalue weighted by Gasteiger charge is -2.23. The zero-order valence-electron chi connectivity index (χ0n) is 13.0. The summed E-state index contributed by atoms with van der Waals surface area (Å²) in [5, 5.41) is -0.146. The highest BCUT2D eigenvalue weighted by Crippen LogP contribution is 2.30. The largest absolute Gasteiger partial charge is 0.279 e. The summed E-state index contributed by atoms with van der Waals surface area (Å²) in [6, 6.07) is 7.43. The number of anilines is 1. The second-order valence-electron chi connectivity index (χ2n) is 6.17. The molecule has 0 saturated carbocycles. The molecule has 22 heavy (non-hydrogen) atoms. The molecule has 1 N–H and O–H groups in total. The maximum absolute atomic E-state index is 14.1. The van der Waals surface area contributed by atoms with Gasteiger partial charge in [-0.05, 0) is 47.7 Å². The Balaban J connectivity index is 2.46. The van der Waals surface area contributed by atoms with E-state index in [9.17, 15) is 12.8 Å². The van der Waals surface area contributed by atoms with Crippen molar-refractivity contribution in [3.63, 3.8) is 0 Å². The minimum atomic E-state index is -3.91. The van der Waals surface area contributed by atoms with Gasteiger partial charge in [-0.2, -0.15) is 8.42 Å². The van der Waals surface area contributed by atoms with Crippen LogP contribution in [0, 0.1) is 12.7 Å². The minimum absolute atomic E-state index is 0.0684. The summed E-state index contributed by atoms with van der Waals surface area (Å²) < 4.78 is 40.9. The predicted molar refractivity (Wildman–Crippen MR) is 84.9 cm³/mol. The molecule has 2 rings (SSSR count). The SMILES string of the molecule is Cc1cc(F)c(NS(=O)(=O)c2ccccn2)cc1C(C)(C)C. The highest BCUT2D eigenvalue weighted by molar-refractivity contribution is 7.92. The van der Waals surface area contributed by atoms with E-state index in [4.69, 9.17) is 0 Å². The first-order valence-electron chi connectivity index (χ1n) is 6.86. The van der Waals surface area contributed by atoms with E-state index in [0.717, 1.165) is 11.1 Å². The number of nitrogens with one attached hydrogen (secondary N) is 1. The first-order chi connectivity index (χ1) is 10.1. The highest BCUT2D eigenvalue weighted by Gasteiger charge is 2.22. The number of sulfonamides is 1. The van der Waals surface area contributed by atoms with Crippen molar-refractivity contribution in [1.82, 2.24) is 4.98 Å². The molecule has 118 valence electrons. The number of hydrogen-bond donors (Lipinski definition) is 1. The van der Waals surface area contributed by atoms with Crippen LogP contribution in [0.4, 0.5) is 10.1 Å². The minimum Gasteiger partial charge on any atom is -0.275 e. The molecular formula is C16H19FN2O2S. The maximum atomic E-state index is 14.1. The number of rotatable bonds is 3. The van der Waals surface area contributed by atoms with Crippen molar-refractivity contribution in [2.75, 3.05) is 4.72 Å². The van der Waals surface area contributed by atoms with Gasteiger partial charge >= 0.3 is 0 Å². The normalized spacial score (nSPS) is 12.2. The van der Waals surface area contributed by atoms with Gasteiger partial charge in [0.1, 0.15) is 5.82 Å². The van der Waals surface area contributed by atoms with Crippen molar-refractivity contribution in [2.24, 2.45) is 0 Å². The van der Waals surface area contributed by atoms with Crippen molar-refractivity contribution in [2.45, 2.75) is 38.1 Å². The molecule has 4 nitrogen and oxygen atoms in total. The number of hydrogen-bond acceptors (Lipinski definition) is 3. The van der Waals surface area contributed by atoms with Crippen molar-refractivity contribution < 1.29 is 12.8 Å². The predicted octanol–water partition coefficient (Wildman–Crippen LogP) is 3.63. The monoisotopic (exact) mass is 322 g/mol. The molecule has 0 spiro atoms. The fraction of sp³-hybridized carbons (Fsp3) is 0.312. The fourth-order valence-corrected chi connectivity index (χ4v) is 3.27. The molecule has 0 bridgehead atoms. The van der Waals surface area contributed by atoms with Crippen LogP contribution < -0.4 is 4.72 Å². The molecule has 0 fully saturated rings. The van der Waals surface area contributed by atoms with Gasteiger partial charge in [0.25, 0.3) is 10.0 Å². The Hall–Kier alpha value is -1.95. The van der Waals surface area contributed by atoms with Gasteiger partial charge < -0.3 is 0 Å². The van der Waals surface area contributed by atoms with Crippen molar-refractivity contribution in [1.29, 1.82) is 0 Å². The Morgan fingerprint density at radius 1 is 1.18 bits per heavy atom. The van der Waals surface area contributed by atoms with Crippen LogP contribution in [0.5, 0.6) is 0 Å². The molecule has 0 aliphatic rings. The molecule has 0 aliphatic carbocycles. The number of nitrogens with zero attached hydrogens (tertiary/aromatic N) is 1. The molecule has 1 aromatic carbocycles. The molecule has 0 radical (unpaired) electrons. The van der Waals surface area contributed by atoms with Crippen LogP contribution in [-0.2, 0) is 15.4 Å². The Morgan fingerprint density at radius 3 is 2.41 bits per heavy atom. The van der Waals surface area contributed by atoms with E-state index >= 15 is 0 Å². The van der Waals surface area contributed by atoms with Gasteiger partial charge in [0.2, 0.25) is 0 Å². The quantitative estimate of drug-likeness (QED) is 0.939. The van der Waals surface area contributed by atoms with Crippen LogP contribution in [0.25, 0.3) is 0 Å². The topological polar surface area (TPSA) is 59.1 Å². The lowest BCUT2D eigenvalue weighted by atomic mass is 9.84. The van der Waals surface area contributed by atoms with Gasteiger partial charge in [-0.25, -0.2) is 9.37 Å². The van der Waals surface area contributed by atoms with Gasteiger partial charge in [-0.15, -0.1) is 0 Å². The number of halogens is 1. The van der Waals surface area contributed by atoms with Crippen LogP contribution in [0.3, 0.4) is 0 Å². The number of pyridine rings is 1. The number of aryl methyl sites for hydroxylation is 1. The first kappa shape index (κ1) is 16.4. The smallest absolute Gasteiger partial charge is 0.275 e. The third-order valence-corrected chi connectivity index (χ3v) is 4.56. The summed E-state index contributed by atoms with van der Waals surface area (Å²) >= 11 is 0. The second-order valence-corrected chi connectivity index (χ2v) is 7.80. The average molecular weight is 322 g/mol. The Kier molecular flexibility index (Phi) is 4.24. The Bertz CT molecular complexity index is 782. The number of benzene rings is 1. The zero-order valence-corrected chi connectivity index (χ0v) is 13.8. The lowest BCUT2D eigenvalue weighted by molar-refractivity contribution is 0.577. The molecule has 1 heterocycles. The fourth-order valence-electron chi connectivity index (χ4n) is 2.26. The van der Waals surface area contributed by atoms with Crippen LogP contribution >= 0.6 is 0 Å². The van der Waals surface area contributed by atoms with E-state index in [1.54, 1.807) is 25.1 Å². The van der Waals surface area contributed by atoms with E-state index < -0.39 is 15.8 Å². The second kappa shape index (κ2) is 5.68. The van der Waals surface area contributed by atoms with Crippen LogP contribution in [0.2, 0.25) is 0 Å². The highest BCUT2D eigenvalue weighted by atomic mass is 32.2. The standard InChI is InChI=1S/C16H19FN2O2S/c1-11-9-13(17)14(10-12(11)16(2,3)4)19-22(20,21)15-7-5-6-8-18-15/h5-10,19H,1-4H3. The van der Waals surface area contributed by atoms with Crippen LogP contribution in [-0.4, -0.2) is 13.4 Å². The van der Waals surface area contributed by atoms with Gasteiger partial charge in [0.05, 0.1) is 5.69 Å². The van der Waals surface area contributed by atoms with Gasteiger partial charge in [-0.1, -0.05) is 26.8 Å². The number of aromatic nitrogens is 1. The summed E-state index contributed by atoms with van der Waals surface area (Å²) in [5.74, 6) is -0.606. The van der Waals surface area contributed by atoms with Crippen LogP contribution in [0.15, 0.2) is 41.6 Å². The molecule has 1 aromatic heterocycles. The van der Waals surface area contributed by atoms with Crippen LogP contribution in [0.1, 0.15) is 31.9 Å². The van der Waals surface area contributed by atoms with Gasteiger partial charge in [0.15, 0.2) is 5.03 Å². The third-order valence-electron chi connectivity index (χ3n) is 3.28. The molecule has 2 aromatic rings. The van der Waals surface area contributed by atoms with E-state index in [1.807, 2.05) is 20.8 Å². The van der Waals surface area contributed by atoms with Gasteiger partial charge in [-0.3, -0.25) is 4.72 Å². The summed E-state index contributed by atoms with van der Waals surface area (Å²) in [4.78, 5) is 3.79. The van der Waals surface area contributed by atoms with E-state index in [0.29, 0.717) is 0 Å². The van der Waals surface area contributed by atoms with Crippen molar-refractivity contribution in [3.8, 4) is 0 Å². The lowest BCUT2D eigenvalue weighted by Crippen LogP contribution is -2.18. The van der Waals surface area contributed by atoms with E-state index in [-0.39, 0.29) is 16.1 Å². The maximum Gasteiger partial charge on any atom is 0.279 e. The summed E-state index contributed by atoms with van der Waals surface area (Å²) in [5.41, 5.74) is 1.38. The zero-order chi connectivity index (χ0) is 16.5. The summed E-state index contributed by atoms with van der Waals surface area (Å²) in [7, 11) is -3.91. The summed E-state index contributed by atoms with van der Waals surface area (Å²) in [6.45, 7) is 7.78. The molecule has 0 aliphatic heterocycles.